The van der Waals surface area contributed by atoms with Crippen molar-refractivity contribution in [3.63, 3.8) is 0 Å². The molecule has 6 nitrogen and oxygen atoms in total. The van der Waals surface area contributed by atoms with Crippen LogP contribution in [-0.2, 0) is 6.18 Å². The number of anilines is 1. The second kappa shape index (κ2) is 7.14. The lowest BCUT2D eigenvalue weighted by atomic mass is 10.7. The Kier molecular flexibility index (Phi) is 5.82. The van der Waals surface area contributed by atoms with Crippen LogP contribution in [0.5, 0.6) is 0 Å². The Balaban J connectivity index is 0.000000333. The lowest BCUT2D eigenvalue weighted by molar-refractivity contribution is -0.138. The largest absolute Gasteiger partial charge is 0.445 e. The average Bonchev–Trinajstić information content (AvgIpc) is 3.08. The first-order chi connectivity index (χ1) is 9.36. The summed E-state index contributed by atoms with van der Waals surface area (Å²) in [6.45, 7) is 0. The summed E-state index contributed by atoms with van der Waals surface area (Å²) in [7, 11) is 2.67. The third-order valence-corrected chi connectivity index (χ3v) is 3.38. The number of thiazole rings is 1. The van der Waals surface area contributed by atoms with Crippen LogP contribution in [-0.4, -0.2) is 35.3 Å². The third kappa shape index (κ3) is 4.74. The van der Waals surface area contributed by atoms with Crippen molar-refractivity contribution in [2.24, 2.45) is 0 Å². The van der Waals surface area contributed by atoms with Crippen LogP contribution in [0.3, 0.4) is 0 Å². The van der Waals surface area contributed by atoms with Gasteiger partial charge in [0, 0.05) is 25.7 Å². The molecule has 2 amide bonds. The molecule has 0 radical (unpaired) electrons. The molecule has 110 valence electrons. The van der Waals surface area contributed by atoms with E-state index in [1.54, 1.807) is 23.0 Å². The van der Waals surface area contributed by atoms with Gasteiger partial charge in [-0.15, -0.1) is 21.5 Å². The van der Waals surface area contributed by atoms with Crippen molar-refractivity contribution in [1.82, 2.24) is 20.5 Å². The van der Waals surface area contributed by atoms with Crippen molar-refractivity contribution in [1.29, 1.82) is 0 Å². The van der Waals surface area contributed by atoms with Gasteiger partial charge in [0.1, 0.15) is 0 Å². The van der Waals surface area contributed by atoms with Crippen molar-refractivity contribution in [3.05, 3.63) is 22.1 Å². The first kappa shape index (κ1) is 16.3. The maximum Gasteiger partial charge on any atom is 0.445 e. The smallest absolute Gasteiger partial charge is 0.341 e. The van der Waals surface area contributed by atoms with Gasteiger partial charge in [0.15, 0.2) is 0 Å². The number of hydrogen-bond donors (Lipinski definition) is 1. The van der Waals surface area contributed by atoms with Crippen LogP contribution in [0.15, 0.2) is 17.1 Å². The minimum atomic E-state index is -4.53. The van der Waals surface area contributed by atoms with Crippen molar-refractivity contribution < 1.29 is 18.0 Å². The molecule has 11 heteroatoms. The van der Waals surface area contributed by atoms with Crippen LogP contribution in [0.2, 0.25) is 0 Å². The molecule has 0 aliphatic carbocycles. The number of halogens is 3. The maximum atomic E-state index is 12.1. The van der Waals surface area contributed by atoms with Crippen LogP contribution in [0.1, 0.15) is 5.01 Å². The molecule has 2 heterocycles. The summed E-state index contributed by atoms with van der Waals surface area (Å²) in [5.74, 6) is 0. The van der Waals surface area contributed by atoms with Crippen molar-refractivity contribution in [2.45, 2.75) is 6.18 Å². The predicted molar refractivity (Wildman–Crippen MR) is 69.9 cm³/mol. The Bertz CT molecular complexity index is 511. The number of alkyl halides is 3. The van der Waals surface area contributed by atoms with E-state index < -0.39 is 17.2 Å². The van der Waals surface area contributed by atoms with Crippen LogP contribution in [0.25, 0.3) is 0 Å². The normalized spacial score (nSPS) is 10.4. The van der Waals surface area contributed by atoms with E-state index in [2.05, 4.69) is 20.5 Å². The highest BCUT2D eigenvalue weighted by atomic mass is 32.1. The molecule has 0 atom stereocenters. The van der Waals surface area contributed by atoms with E-state index in [4.69, 9.17) is 0 Å². The molecule has 0 bridgehead atoms. The summed E-state index contributed by atoms with van der Waals surface area (Å²) < 4.78 is 36.4. The highest BCUT2D eigenvalue weighted by Crippen LogP contribution is 2.33. The van der Waals surface area contributed by atoms with Crippen molar-refractivity contribution in [3.8, 4) is 0 Å². The van der Waals surface area contributed by atoms with E-state index in [0.717, 1.165) is 4.90 Å². The second-order valence-corrected chi connectivity index (χ2v) is 4.89. The number of rotatable bonds is 1. The number of carbonyl (C=O) groups excluding carboxylic acids is 1. The Morgan fingerprint density at radius 1 is 1.40 bits per heavy atom. The average molecular weight is 325 g/mol. The van der Waals surface area contributed by atoms with Gasteiger partial charge in [-0.05, 0) is 0 Å². The van der Waals surface area contributed by atoms with Crippen LogP contribution < -0.4 is 10.2 Å². The molecule has 2 aromatic heterocycles. The molecule has 1 N–H and O–H groups in total. The zero-order valence-electron chi connectivity index (χ0n) is 10.4. The monoisotopic (exact) mass is 325 g/mol. The van der Waals surface area contributed by atoms with Gasteiger partial charge in [-0.25, -0.2) is 4.79 Å². The van der Waals surface area contributed by atoms with Gasteiger partial charge >= 0.3 is 12.2 Å². The molecular weight excluding hydrogens is 315 g/mol. The van der Waals surface area contributed by atoms with Gasteiger partial charge in [0.25, 0.3) is 0 Å². The van der Waals surface area contributed by atoms with E-state index in [0.29, 0.717) is 11.3 Å². The number of amides is 2. The van der Waals surface area contributed by atoms with E-state index in [1.807, 2.05) is 5.38 Å². The number of nitrogens with one attached hydrogen (secondary N) is 1. The number of urea groups is 1. The van der Waals surface area contributed by atoms with Crippen LogP contribution in [0.4, 0.5) is 23.1 Å². The standard InChI is InChI=1S/C6H7F3N4OS.C3H3NS/c1-10-4(14)13(2)5-12-11-3(15-5)6(7,8)9;1-2-5-3-4-1/h1-2H3,(H,10,14);1-3H. The first-order valence-corrected chi connectivity index (χ1v) is 6.80. The van der Waals surface area contributed by atoms with Crippen molar-refractivity contribution >= 4 is 33.8 Å². The van der Waals surface area contributed by atoms with Gasteiger partial charge in [0.2, 0.25) is 10.1 Å². The summed E-state index contributed by atoms with van der Waals surface area (Å²) in [4.78, 5) is 15.7. The highest BCUT2D eigenvalue weighted by molar-refractivity contribution is 7.15. The Hall–Kier alpha value is -1.75. The maximum absolute atomic E-state index is 12.1. The molecular formula is C9H10F3N5OS2. The van der Waals surface area contributed by atoms with Gasteiger partial charge in [0.05, 0.1) is 5.51 Å². The fourth-order valence-corrected chi connectivity index (χ4v) is 1.92. The van der Waals surface area contributed by atoms with Crippen LogP contribution >= 0.6 is 22.7 Å². The Labute approximate surface area is 120 Å². The number of hydrogen-bond acceptors (Lipinski definition) is 6. The zero-order valence-corrected chi connectivity index (χ0v) is 12.0. The van der Waals surface area contributed by atoms with E-state index in [-0.39, 0.29) is 5.13 Å². The van der Waals surface area contributed by atoms with E-state index in [9.17, 15) is 18.0 Å². The summed E-state index contributed by atoms with van der Waals surface area (Å²) in [5.41, 5.74) is 1.79. The third-order valence-electron chi connectivity index (χ3n) is 1.81. The van der Waals surface area contributed by atoms with Crippen molar-refractivity contribution in [2.75, 3.05) is 19.0 Å². The Morgan fingerprint density at radius 3 is 2.45 bits per heavy atom. The molecule has 0 saturated heterocycles. The SMILES string of the molecule is CNC(=O)N(C)c1nnc(C(F)(F)F)s1.c1cscn1. The molecule has 2 rings (SSSR count). The van der Waals surface area contributed by atoms with Gasteiger partial charge in [-0.2, -0.15) is 13.2 Å². The molecule has 0 saturated carbocycles. The number of nitrogens with zero attached hydrogens (tertiary/aromatic N) is 4. The minimum Gasteiger partial charge on any atom is -0.341 e. The summed E-state index contributed by atoms with van der Waals surface area (Å²) in [6, 6.07) is -0.556. The lowest BCUT2D eigenvalue weighted by Gasteiger charge is -2.11. The topological polar surface area (TPSA) is 71.0 Å². The summed E-state index contributed by atoms with van der Waals surface area (Å²) in [6.07, 6.45) is -2.76. The molecule has 0 unspecified atom stereocenters. The molecule has 2 aromatic rings. The quantitative estimate of drug-likeness (QED) is 0.874. The Morgan fingerprint density at radius 2 is 2.10 bits per heavy atom. The fourth-order valence-electron chi connectivity index (χ4n) is 0.896. The lowest BCUT2D eigenvalue weighted by Crippen LogP contribution is -2.34. The summed E-state index contributed by atoms with van der Waals surface area (Å²) >= 11 is 1.91. The highest BCUT2D eigenvalue weighted by Gasteiger charge is 2.36. The van der Waals surface area contributed by atoms with Gasteiger partial charge in [-0.3, -0.25) is 9.88 Å². The van der Waals surface area contributed by atoms with Crippen LogP contribution in [0, 0.1) is 0 Å². The van der Waals surface area contributed by atoms with Gasteiger partial charge in [-0.1, -0.05) is 11.3 Å². The molecule has 0 fully saturated rings. The molecule has 0 spiro atoms. The molecule has 0 aliphatic rings. The molecule has 0 aliphatic heterocycles. The fraction of sp³-hybridized carbons (Fsp3) is 0.333. The van der Waals surface area contributed by atoms with E-state index >= 15 is 0 Å². The number of aromatic nitrogens is 3. The zero-order chi connectivity index (χ0) is 15.2. The second-order valence-electron chi connectivity index (χ2n) is 3.18. The van der Waals surface area contributed by atoms with E-state index in [1.165, 1.54) is 14.1 Å². The number of carbonyl (C=O) groups is 1. The predicted octanol–water partition coefficient (Wildman–Crippen LogP) is 2.48. The minimum absolute atomic E-state index is 0.110. The van der Waals surface area contributed by atoms with Gasteiger partial charge < -0.3 is 5.32 Å². The first-order valence-electron chi connectivity index (χ1n) is 5.04. The molecule has 20 heavy (non-hydrogen) atoms. The summed E-state index contributed by atoms with van der Waals surface area (Å²) in [5, 5.41) is 9.21. The molecule has 0 aromatic carbocycles.